The molecule has 6 heteroatoms. The number of amides is 1. The van der Waals surface area contributed by atoms with Crippen LogP contribution < -0.4 is 10.1 Å². The quantitative estimate of drug-likeness (QED) is 0.646. The maximum absolute atomic E-state index is 13.1. The minimum atomic E-state index is -0.260. The number of carbonyl (C=O) groups excluding carboxylic acids is 1. The van der Waals surface area contributed by atoms with Crippen molar-refractivity contribution in [2.24, 2.45) is 0 Å². The highest BCUT2D eigenvalue weighted by Gasteiger charge is 2.11. The van der Waals surface area contributed by atoms with Crippen LogP contribution >= 0.6 is 11.3 Å². The standard InChI is InChI=1S/C21H21FN2O2S/c1-3-26-18-10-6-15(7-11-18)20(25)23-13-12-19-14(2)24-21(27-19)16-4-8-17(22)9-5-16/h4-11H,3,12-13H2,1-2H3,(H,23,25). The second-order valence-corrected chi connectivity index (χ2v) is 7.08. The molecule has 0 fully saturated rings. The topological polar surface area (TPSA) is 51.2 Å². The molecule has 0 saturated carbocycles. The van der Waals surface area contributed by atoms with Crippen molar-refractivity contribution in [2.45, 2.75) is 20.3 Å². The third-order valence-corrected chi connectivity index (χ3v) is 5.32. The molecule has 3 aromatic rings. The van der Waals surface area contributed by atoms with Crippen LogP contribution in [-0.2, 0) is 6.42 Å². The lowest BCUT2D eigenvalue weighted by Gasteiger charge is -2.06. The molecule has 27 heavy (non-hydrogen) atoms. The summed E-state index contributed by atoms with van der Waals surface area (Å²) in [5.41, 5.74) is 2.44. The third-order valence-electron chi connectivity index (χ3n) is 4.05. The fourth-order valence-electron chi connectivity index (χ4n) is 2.64. The lowest BCUT2D eigenvalue weighted by atomic mass is 10.2. The molecule has 2 aromatic carbocycles. The maximum Gasteiger partial charge on any atom is 0.251 e. The number of nitrogens with zero attached hydrogens (tertiary/aromatic N) is 1. The molecular weight excluding hydrogens is 363 g/mol. The fourth-order valence-corrected chi connectivity index (χ4v) is 3.70. The van der Waals surface area contributed by atoms with Crippen molar-refractivity contribution >= 4 is 17.2 Å². The number of thiazole rings is 1. The number of rotatable bonds is 7. The van der Waals surface area contributed by atoms with E-state index in [1.54, 1.807) is 47.7 Å². The second-order valence-electron chi connectivity index (χ2n) is 6.00. The fraction of sp³-hybridized carbons (Fsp3) is 0.238. The van der Waals surface area contributed by atoms with Gasteiger partial charge in [0.05, 0.1) is 12.3 Å². The van der Waals surface area contributed by atoms with Crippen LogP contribution in [0.2, 0.25) is 0 Å². The third kappa shape index (κ3) is 4.92. The molecule has 3 rings (SSSR count). The first-order chi connectivity index (χ1) is 13.1. The molecule has 1 amide bonds. The summed E-state index contributed by atoms with van der Waals surface area (Å²) in [5, 5.41) is 3.79. The summed E-state index contributed by atoms with van der Waals surface area (Å²) in [4.78, 5) is 17.9. The Hall–Kier alpha value is -2.73. The average molecular weight is 384 g/mol. The number of aryl methyl sites for hydroxylation is 1. The summed E-state index contributed by atoms with van der Waals surface area (Å²) >= 11 is 1.57. The summed E-state index contributed by atoms with van der Waals surface area (Å²) in [6.45, 7) is 4.99. The predicted octanol–water partition coefficient (Wildman–Crippen LogP) is 4.63. The Kier molecular flexibility index (Phi) is 6.19. The van der Waals surface area contributed by atoms with Gasteiger partial charge in [-0.3, -0.25) is 4.79 Å². The first-order valence-corrected chi connectivity index (χ1v) is 9.61. The molecule has 4 nitrogen and oxygen atoms in total. The minimum Gasteiger partial charge on any atom is -0.494 e. The summed E-state index contributed by atoms with van der Waals surface area (Å²) < 4.78 is 18.4. The number of halogens is 1. The van der Waals surface area contributed by atoms with Gasteiger partial charge < -0.3 is 10.1 Å². The van der Waals surface area contributed by atoms with Crippen LogP contribution in [0, 0.1) is 12.7 Å². The lowest BCUT2D eigenvalue weighted by molar-refractivity contribution is 0.0954. The number of nitrogens with one attached hydrogen (secondary N) is 1. The van der Waals surface area contributed by atoms with Crippen molar-refractivity contribution in [3.63, 3.8) is 0 Å². The van der Waals surface area contributed by atoms with E-state index in [9.17, 15) is 9.18 Å². The van der Waals surface area contributed by atoms with E-state index in [-0.39, 0.29) is 11.7 Å². The number of hydrogen-bond acceptors (Lipinski definition) is 4. The average Bonchev–Trinajstić information content (AvgIpc) is 3.04. The van der Waals surface area contributed by atoms with Gasteiger partial charge in [-0.25, -0.2) is 9.37 Å². The number of ether oxygens (including phenoxy) is 1. The highest BCUT2D eigenvalue weighted by atomic mass is 32.1. The molecule has 1 aromatic heterocycles. The van der Waals surface area contributed by atoms with Gasteiger partial charge in [0, 0.05) is 29.0 Å². The summed E-state index contributed by atoms with van der Waals surface area (Å²) in [5.74, 6) is 0.380. The van der Waals surface area contributed by atoms with Gasteiger partial charge in [-0.1, -0.05) is 0 Å². The summed E-state index contributed by atoms with van der Waals surface area (Å²) in [6.07, 6.45) is 0.702. The van der Waals surface area contributed by atoms with E-state index >= 15 is 0 Å². The van der Waals surface area contributed by atoms with Crippen LogP contribution in [0.4, 0.5) is 4.39 Å². The second kappa shape index (κ2) is 8.77. The molecule has 0 bridgehead atoms. The van der Waals surface area contributed by atoms with Crippen LogP contribution in [0.1, 0.15) is 27.9 Å². The normalized spacial score (nSPS) is 10.6. The minimum absolute atomic E-state index is 0.112. The molecule has 1 heterocycles. The zero-order valence-corrected chi connectivity index (χ0v) is 16.1. The Labute approximate surface area is 162 Å². The first-order valence-electron chi connectivity index (χ1n) is 8.80. The SMILES string of the molecule is CCOc1ccc(C(=O)NCCc2sc(-c3ccc(F)cc3)nc2C)cc1. The van der Waals surface area contributed by atoms with Crippen molar-refractivity contribution < 1.29 is 13.9 Å². The highest BCUT2D eigenvalue weighted by molar-refractivity contribution is 7.15. The van der Waals surface area contributed by atoms with E-state index in [0.29, 0.717) is 25.1 Å². The summed E-state index contributed by atoms with van der Waals surface area (Å²) in [6, 6.07) is 13.4. The molecule has 0 saturated heterocycles. The highest BCUT2D eigenvalue weighted by Crippen LogP contribution is 2.28. The zero-order chi connectivity index (χ0) is 19.2. The summed E-state index contributed by atoms with van der Waals surface area (Å²) in [7, 11) is 0. The predicted molar refractivity (Wildman–Crippen MR) is 106 cm³/mol. The molecule has 0 aliphatic rings. The largest absolute Gasteiger partial charge is 0.494 e. The Morgan fingerprint density at radius 2 is 1.85 bits per heavy atom. The van der Waals surface area contributed by atoms with E-state index in [0.717, 1.165) is 26.9 Å². The Bertz CT molecular complexity index is 905. The molecular formula is C21H21FN2O2S. The van der Waals surface area contributed by atoms with Crippen molar-refractivity contribution in [3.05, 3.63) is 70.5 Å². The van der Waals surface area contributed by atoms with Crippen LogP contribution in [0.5, 0.6) is 5.75 Å². The number of hydrogen-bond donors (Lipinski definition) is 1. The van der Waals surface area contributed by atoms with Crippen LogP contribution in [0.25, 0.3) is 10.6 Å². The van der Waals surface area contributed by atoms with Gasteiger partial charge in [0.25, 0.3) is 5.91 Å². The van der Waals surface area contributed by atoms with Gasteiger partial charge in [0.2, 0.25) is 0 Å². The van der Waals surface area contributed by atoms with Crippen LogP contribution in [-0.4, -0.2) is 24.0 Å². The molecule has 1 N–H and O–H groups in total. The Morgan fingerprint density at radius 3 is 2.52 bits per heavy atom. The van der Waals surface area contributed by atoms with E-state index in [2.05, 4.69) is 10.3 Å². The Morgan fingerprint density at radius 1 is 1.15 bits per heavy atom. The van der Waals surface area contributed by atoms with Crippen molar-refractivity contribution in [2.75, 3.05) is 13.2 Å². The lowest BCUT2D eigenvalue weighted by Crippen LogP contribution is -2.25. The number of carbonyl (C=O) groups is 1. The van der Waals surface area contributed by atoms with Crippen molar-refractivity contribution in [1.29, 1.82) is 0 Å². The Balaban J connectivity index is 1.57. The maximum atomic E-state index is 13.1. The van der Waals surface area contributed by atoms with E-state index in [1.807, 2.05) is 13.8 Å². The smallest absolute Gasteiger partial charge is 0.251 e. The van der Waals surface area contributed by atoms with Gasteiger partial charge >= 0.3 is 0 Å². The van der Waals surface area contributed by atoms with E-state index < -0.39 is 0 Å². The first kappa shape index (κ1) is 19.0. The van der Waals surface area contributed by atoms with Crippen molar-refractivity contribution in [1.82, 2.24) is 10.3 Å². The van der Waals surface area contributed by atoms with Gasteiger partial charge in [0.15, 0.2) is 0 Å². The molecule has 0 spiro atoms. The molecule has 0 aliphatic heterocycles. The van der Waals surface area contributed by atoms with Gasteiger partial charge in [-0.2, -0.15) is 0 Å². The van der Waals surface area contributed by atoms with Gasteiger partial charge in [-0.15, -0.1) is 11.3 Å². The molecule has 140 valence electrons. The van der Waals surface area contributed by atoms with Crippen molar-refractivity contribution in [3.8, 4) is 16.3 Å². The monoisotopic (exact) mass is 384 g/mol. The van der Waals surface area contributed by atoms with E-state index in [4.69, 9.17) is 4.74 Å². The van der Waals surface area contributed by atoms with E-state index in [1.165, 1.54) is 12.1 Å². The van der Waals surface area contributed by atoms with Gasteiger partial charge in [0.1, 0.15) is 16.6 Å². The zero-order valence-electron chi connectivity index (χ0n) is 15.3. The van der Waals surface area contributed by atoms with Crippen LogP contribution in [0.15, 0.2) is 48.5 Å². The molecule has 0 unspecified atom stereocenters. The van der Waals surface area contributed by atoms with Crippen LogP contribution in [0.3, 0.4) is 0 Å². The molecule has 0 aliphatic carbocycles. The van der Waals surface area contributed by atoms with Gasteiger partial charge in [-0.05, 0) is 62.4 Å². The number of benzene rings is 2. The molecule has 0 atom stereocenters. The molecule has 0 radical (unpaired) electrons. The number of aromatic nitrogens is 1.